The van der Waals surface area contributed by atoms with Crippen molar-refractivity contribution in [2.45, 2.75) is 19.3 Å². The first kappa shape index (κ1) is 13.6. The van der Waals surface area contributed by atoms with Crippen LogP contribution in [0.3, 0.4) is 0 Å². The molecule has 0 N–H and O–H groups in total. The van der Waals surface area contributed by atoms with Gasteiger partial charge in [0, 0.05) is 18.9 Å². The van der Waals surface area contributed by atoms with Crippen LogP contribution in [-0.2, 0) is 14.3 Å². The smallest absolute Gasteiger partial charge is 0.229 e. The fraction of sp³-hybridized carbons (Fsp3) is 0.778. The van der Waals surface area contributed by atoms with E-state index in [1.165, 1.54) is 7.11 Å². The number of ether oxygens (including phenoxy) is 1. The van der Waals surface area contributed by atoms with Gasteiger partial charge in [-0.15, -0.1) is 0 Å². The molecule has 0 radical (unpaired) electrons. The van der Waals surface area contributed by atoms with Gasteiger partial charge in [-0.2, -0.15) is 0 Å². The standard InChI is InChI=1S/C9H16BrNO3/c1-14-7-6-11(8-12)9(13)4-2-3-5-10/h8H,2-7H2,1H3. The van der Waals surface area contributed by atoms with E-state index in [4.69, 9.17) is 4.74 Å². The molecular weight excluding hydrogens is 250 g/mol. The second kappa shape index (κ2) is 9.15. The highest BCUT2D eigenvalue weighted by molar-refractivity contribution is 9.09. The lowest BCUT2D eigenvalue weighted by atomic mass is 10.2. The number of carbonyl (C=O) groups excluding carboxylic acids is 2. The number of alkyl halides is 1. The molecule has 4 nitrogen and oxygen atoms in total. The third-order valence-electron chi connectivity index (χ3n) is 1.76. The Hall–Kier alpha value is -0.420. The Bertz CT molecular complexity index is 175. The highest BCUT2D eigenvalue weighted by atomic mass is 79.9. The summed E-state index contributed by atoms with van der Waals surface area (Å²) in [4.78, 5) is 23.1. The van der Waals surface area contributed by atoms with Crippen LogP contribution in [0.1, 0.15) is 19.3 Å². The van der Waals surface area contributed by atoms with Gasteiger partial charge in [0.05, 0.1) is 13.2 Å². The van der Waals surface area contributed by atoms with Crippen molar-refractivity contribution in [3.05, 3.63) is 0 Å². The monoisotopic (exact) mass is 265 g/mol. The summed E-state index contributed by atoms with van der Waals surface area (Å²) in [6.45, 7) is 0.732. The second-order valence-electron chi connectivity index (χ2n) is 2.83. The molecule has 5 heteroatoms. The number of rotatable bonds is 8. The van der Waals surface area contributed by atoms with Crippen LogP contribution >= 0.6 is 15.9 Å². The van der Waals surface area contributed by atoms with Crippen molar-refractivity contribution >= 4 is 28.2 Å². The maximum Gasteiger partial charge on any atom is 0.229 e. The first-order valence-corrected chi connectivity index (χ1v) is 5.68. The molecule has 0 unspecified atom stereocenters. The maximum atomic E-state index is 11.4. The van der Waals surface area contributed by atoms with Crippen molar-refractivity contribution in [2.24, 2.45) is 0 Å². The summed E-state index contributed by atoms with van der Waals surface area (Å²) >= 11 is 3.28. The molecule has 0 saturated heterocycles. The van der Waals surface area contributed by atoms with Gasteiger partial charge in [-0.1, -0.05) is 15.9 Å². The van der Waals surface area contributed by atoms with Gasteiger partial charge in [-0.3, -0.25) is 14.5 Å². The summed E-state index contributed by atoms with van der Waals surface area (Å²) in [5.74, 6) is -0.127. The molecule has 0 heterocycles. The Labute approximate surface area is 92.7 Å². The van der Waals surface area contributed by atoms with E-state index in [1.54, 1.807) is 0 Å². The van der Waals surface area contributed by atoms with E-state index in [2.05, 4.69) is 15.9 Å². The zero-order valence-corrected chi connectivity index (χ0v) is 9.96. The quantitative estimate of drug-likeness (QED) is 0.376. The molecule has 0 aliphatic rings. The minimum Gasteiger partial charge on any atom is -0.383 e. The third kappa shape index (κ3) is 6.10. The lowest BCUT2D eigenvalue weighted by Gasteiger charge is -2.14. The Balaban J connectivity index is 3.73. The number of methoxy groups -OCH3 is 1. The number of halogens is 1. The SMILES string of the molecule is COCCN(C=O)C(=O)CCCCBr. The van der Waals surface area contributed by atoms with E-state index < -0.39 is 0 Å². The summed E-state index contributed by atoms with van der Waals surface area (Å²) in [5.41, 5.74) is 0. The Morgan fingerprint density at radius 3 is 2.71 bits per heavy atom. The second-order valence-corrected chi connectivity index (χ2v) is 3.62. The van der Waals surface area contributed by atoms with Crippen molar-refractivity contribution in [2.75, 3.05) is 25.6 Å². The van der Waals surface area contributed by atoms with Crippen LogP contribution in [0.4, 0.5) is 0 Å². The Kier molecular flexibility index (Phi) is 8.87. The highest BCUT2D eigenvalue weighted by Gasteiger charge is 2.10. The molecule has 0 aliphatic carbocycles. The molecule has 0 saturated carbocycles. The predicted molar refractivity (Wildman–Crippen MR) is 57.3 cm³/mol. The van der Waals surface area contributed by atoms with Gasteiger partial charge in [0.15, 0.2) is 0 Å². The molecule has 82 valence electrons. The van der Waals surface area contributed by atoms with Crippen LogP contribution in [0.2, 0.25) is 0 Å². The minimum absolute atomic E-state index is 0.127. The molecule has 0 rings (SSSR count). The van der Waals surface area contributed by atoms with E-state index in [-0.39, 0.29) is 5.91 Å². The molecule has 0 aromatic rings. The lowest BCUT2D eigenvalue weighted by molar-refractivity contribution is -0.138. The molecule has 0 aromatic carbocycles. The number of hydrogen-bond donors (Lipinski definition) is 0. The van der Waals surface area contributed by atoms with Gasteiger partial charge in [-0.05, 0) is 12.8 Å². The van der Waals surface area contributed by atoms with E-state index >= 15 is 0 Å². The van der Waals surface area contributed by atoms with Crippen LogP contribution in [0.15, 0.2) is 0 Å². The van der Waals surface area contributed by atoms with Gasteiger partial charge in [0.1, 0.15) is 0 Å². The van der Waals surface area contributed by atoms with Crippen molar-refractivity contribution in [1.82, 2.24) is 4.90 Å². The number of amides is 2. The summed E-state index contributed by atoms with van der Waals surface area (Å²) in [6, 6.07) is 0. The summed E-state index contributed by atoms with van der Waals surface area (Å²) in [7, 11) is 1.54. The first-order chi connectivity index (χ1) is 6.76. The fourth-order valence-corrected chi connectivity index (χ4v) is 1.34. The zero-order chi connectivity index (χ0) is 10.8. The van der Waals surface area contributed by atoms with Crippen LogP contribution in [0.5, 0.6) is 0 Å². The highest BCUT2D eigenvalue weighted by Crippen LogP contribution is 2.01. The van der Waals surface area contributed by atoms with Gasteiger partial charge in [-0.25, -0.2) is 0 Å². The topological polar surface area (TPSA) is 46.6 Å². The van der Waals surface area contributed by atoms with Crippen LogP contribution in [-0.4, -0.2) is 42.8 Å². The molecular formula is C9H16BrNO3. The average Bonchev–Trinajstić information content (AvgIpc) is 2.19. The summed E-state index contributed by atoms with van der Waals surface area (Å²) < 4.78 is 4.79. The van der Waals surface area contributed by atoms with E-state index in [0.717, 1.165) is 23.1 Å². The first-order valence-electron chi connectivity index (χ1n) is 4.56. The molecule has 0 spiro atoms. The normalized spacial score (nSPS) is 9.86. The number of unbranched alkanes of at least 4 members (excludes halogenated alkanes) is 1. The number of carbonyl (C=O) groups is 2. The molecule has 2 amide bonds. The van der Waals surface area contributed by atoms with Crippen LogP contribution < -0.4 is 0 Å². The molecule has 0 aromatic heterocycles. The molecule has 0 aliphatic heterocycles. The molecule has 0 atom stereocenters. The van der Waals surface area contributed by atoms with Crippen molar-refractivity contribution in [3.8, 4) is 0 Å². The fourth-order valence-electron chi connectivity index (χ4n) is 0.940. The average molecular weight is 266 g/mol. The number of imide groups is 1. The van der Waals surface area contributed by atoms with Gasteiger partial charge in [0.25, 0.3) is 0 Å². The van der Waals surface area contributed by atoms with E-state index in [0.29, 0.717) is 26.0 Å². The maximum absolute atomic E-state index is 11.4. The van der Waals surface area contributed by atoms with E-state index in [9.17, 15) is 9.59 Å². The predicted octanol–water partition coefficient (Wildman–Crippen LogP) is 1.18. The van der Waals surface area contributed by atoms with Gasteiger partial charge in [0.2, 0.25) is 12.3 Å². The molecule has 0 fully saturated rings. The number of nitrogens with zero attached hydrogens (tertiary/aromatic N) is 1. The van der Waals surface area contributed by atoms with E-state index in [1.807, 2.05) is 0 Å². The lowest BCUT2D eigenvalue weighted by Crippen LogP contribution is -2.32. The molecule has 0 bridgehead atoms. The molecule has 14 heavy (non-hydrogen) atoms. The minimum atomic E-state index is -0.127. The van der Waals surface area contributed by atoms with Crippen LogP contribution in [0.25, 0.3) is 0 Å². The van der Waals surface area contributed by atoms with Gasteiger partial charge >= 0.3 is 0 Å². The van der Waals surface area contributed by atoms with Gasteiger partial charge < -0.3 is 4.74 Å². The van der Waals surface area contributed by atoms with Crippen molar-refractivity contribution < 1.29 is 14.3 Å². The summed E-state index contributed by atoms with van der Waals surface area (Å²) in [5, 5.41) is 0.888. The Morgan fingerprint density at radius 1 is 1.50 bits per heavy atom. The van der Waals surface area contributed by atoms with Crippen molar-refractivity contribution in [1.29, 1.82) is 0 Å². The zero-order valence-electron chi connectivity index (χ0n) is 8.37. The number of hydrogen-bond acceptors (Lipinski definition) is 3. The third-order valence-corrected chi connectivity index (χ3v) is 2.32. The van der Waals surface area contributed by atoms with Crippen LogP contribution in [0, 0.1) is 0 Å². The summed E-state index contributed by atoms with van der Waals surface area (Å²) in [6.07, 6.45) is 2.74. The largest absolute Gasteiger partial charge is 0.383 e. The van der Waals surface area contributed by atoms with Crippen molar-refractivity contribution in [3.63, 3.8) is 0 Å². The Morgan fingerprint density at radius 2 is 2.21 bits per heavy atom.